The SMILES string of the molecule is C1=CC2=CC=CC3=C(Cn4cccn4)C=C(Cn4cccn4)C(=C1)C23. The first-order chi connectivity index (χ1) is 12.4. The maximum absolute atomic E-state index is 4.39. The van der Waals surface area contributed by atoms with E-state index in [1.807, 2.05) is 46.3 Å². The van der Waals surface area contributed by atoms with Crippen LogP contribution in [-0.4, -0.2) is 19.6 Å². The predicted octanol–water partition coefficient (Wildman–Crippen LogP) is 3.63. The molecule has 4 nitrogen and oxygen atoms in total. The van der Waals surface area contributed by atoms with Crippen molar-refractivity contribution in [1.82, 2.24) is 19.6 Å². The molecule has 3 aliphatic carbocycles. The van der Waals surface area contributed by atoms with Gasteiger partial charge >= 0.3 is 0 Å². The number of hydrogen-bond donors (Lipinski definition) is 0. The molecule has 0 N–H and O–H groups in total. The molecule has 3 aliphatic rings. The zero-order valence-corrected chi connectivity index (χ0v) is 13.8. The first-order valence-corrected chi connectivity index (χ1v) is 8.54. The fraction of sp³-hybridized carbons (Fsp3) is 0.143. The van der Waals surface area contributed by atoms with Crippen LogP contribution in [0, 0.1) is 5.92 Å². The van der Waals surface area contributed by atoms with Crippen LogP contribution >= 0.6 is 0 Å². The van der Waals surface area contributed by atoms with Crippen LogP contribution in [-0.2, 0) is 13.1 Å². The Kier molecular flexibility index (Phi) is 3.27. The van der Waals surface area contributed by atoms with Gasteiger partial charge in [-0.25, -0.2) is 0 Å². The van der Waals surface area contributed by atoms with Crippen LogP contribution in [0.2, 0.25) is 0 Å². The Balaban J connectivity index is 1.62. The lowest BCUT2D eigenvalue weighted by atomic mass is 9.71. The summed E-state index contributed by atoms with van der Waals surface area (Å²) in [5.74, 6) is 0.330. The van der Waals surface area contributed by atoms with Gasteiger partial charge in [0, 0.05) is 30.7 Å². The molecule has 0 radical (unpaired) electrons. The van der Waals surface area contributed by atoms with E-state index in [9.17, 15) is 0 Å². The number of rotatable bonds is 4. The second-order valence-corrected chi connectivity index (χ2v) is 6.50. The van der Waals surface area contributed by atoms with Crippen LogP contribution in [0.1, 0.15) is 0 Å². The van der Waals surface area contributed by atoms with Crippen molar-refractivity contribution in [1.29, 1.82) is 0 Å². The van der Waals surface area contributed by atoms with Crippen molar-refractivity contribution in [3.8, 4) is 0 Å². The standard InChI is InChI=1S/C21H18N4/c1-5-16-6-2-8-20-18(15-25-12-4-10-23-25)13-17(19(7-1)21(16)20)14-24-11-3-9-22-24/h1-13,21H,14-15H2. The van der Waals surface area contributed by atoms with Crippen LogP contribution in [0.25, 0.3) is 0 Å². The molecule has 0 aliphatic heterocycles. The summed E-state index contributed by atoms with van der Waals surface area (Å²) < 4.78 is 3.98. The summed E-state index contributed by atoms with van der Waals surface area (Å²) >= 11 is 0. The number of allylic oxidation sites excluding steroid dienone is 12. The average Bonchev–Trinajstić information content (AvgIpc) is 3.33. The van der Waals surface area contributed by atoms with Gasteiger partial charge < -0.3 is 0 Å². The highest BCUT2D eigenvalue weighted by Crippen LogP contribution is 2.44. The molecule has 1 atom stereocenters. The van der Waals surface area contributed by atoms with E-state index in [2.05, 4.69) is 52.7 Å². The molecule has 0 amide bonds. The Morgan fingerprint density at radius 3 is 2.40 bits per heavy atom. The monoisotopic (exact) mass is 326 g/mol. The third-order valence-corrected chi connectivity index (χ3v) is 4.96. The van der Waals surface area contributed by atoms with Gasteiger partial charge in [-0.1, -0.05) is 42.5 Å². The van der Waals surface area contributed by atoms with Crippen molar-refractivity contribution in [2.45, 2.75) is 13.1 Å². The van der Waals surface area contributed by atoms with Crippen LogP contribution in [0.3, 0.4) is 0 Å². The number of aromatic nitrogens is 4. The van der Waals surface area contributed by atoms with Crippen molar-refractivity contribution in [3.05, 3.63) is 107 Å². The lowest BCUT2D eigenvalue weighted by molar-refractivity contribution is 0.644. The largest absolute Gasteiger partial charge is 0.268 e. The quantitative estimate of drug-likeness (QED) is 0.860. The zero-order chi connectivity index (χ0) is 16.6. The Bertz CT molecular complexity index is 977. The molecule has 0 saturated heterocycles. The van der Waals surface area contributed by atoms with E-state index in [1.54, 1.807) is 0 Å². The van der Waals surface area contributed by atoms with Gasteiger partial charge in [-0.2, -0.15) is 10.2 Å². The average molecular weight is 326 g/mol. The van der Waals surface area contributed by atoms with E-state index >= 15 is 0 Å². The third-order valence-electron chi connectivity index (χ3n) is 4.96. The number of nitrogens with zero attached hydrogens (tertiary/aromatic N) is 4. The summed E-state index contributed by atoms with van der Waals surface area (Å²) in [5, 5.41) is 8.78. The second kappa shape index (κ2) is 5.74. The summed E-state index contributed by atoms with van der Waals surface area (Å²) in [4.78, 5) is 0. The molecular weight excluding hydrogens is 308 g/mol. The summed E-state index contributed by atoms with van der Waals surface area (Å²) in [7, 11) is 0. The Morgan fingerprint density at radius 2 is 1.64 bits per heavy atom. The maximum atomic E-state index is 4.39. The van der Waals surface area contributed by atoms with Crippen molar-refractivity contribution in [3.63, 3.8) is 0 Å². The van der Waals surface area contributed by atoms with E-state index in [-0.39, 0.29) is 0 Å². The fourth-order valence-electron chi connectivity index (χ4n) is 3.87. The van der Waals surface area contributed by atoms with E-state index in [1.165, 1.54) is 27.9 Å². The van der Waals surface area contributed by atoms with Crippen molar-refractivity contribution < 1.29 is 0 Å². The lowest BCUT2D eigenvalue weighted by Gasteiger charge is -2.34. The van der Waals surface area contributed by atoms with E-state index in [0.717, 1.165) is 13.1 Å². The predicted molar refractivity (Wildman–Crippen MR) is 97.5 cm³/mol. The van der Waals surface area contributed by atoms with Gasteiger partial charge in [0.05, 0.1) is 13.1 Å². The Labute approximate surface area is 146 Å². The molecule has 5 rings (SSSR count). The summed E-state index contributed by atoms with van der Waals surface area (Å²) in [5.41, 5.74) is 6.77. The van der Waals surface area contributed by atoms with Crippen molar-refractivity contribution >= 4 is 0 Å². The van der Waals surface area contributed by atoms with Gasteiger partial charge in [0.15, 0.2) is 0 Å². The topological polar surface area (TPSA) is 35.6 Å². The van der Waals surface area contributed by atoms with Crippen LogP contribution in [0.15, 0.2) is 107 Å². The minimum absolute atomic E-state index is 0.330. The van der Waals surface area contributed by atoms with Crippen molar-refractivity contribution in [2.75, 3.05) is 0 Å². The van der Waals surface area contributed by atoms with Crippen LogP contribution < -0.4 is 0 Å². The molecule has 0 aromatic carbocycles. The molecule has 0 spiro atoms. The molecule has 2 aromatic heterocycles. The molecule has 0 bridgehead atoms. The second-order valence-electron chi connectivity index (χ2n) is 6.50. The van der Waals surface area contributed by atoms with Gasteiger partial charge in [0.1, 0.15) is 0 Å². The first kappa shape index (κ1) is 14.2. The third kappa shape index (κ3) is 2.47. The van der Waals surface area contributed by atoms with E-state index in [0.29, 0.717) is 5.92 Å². The molecule has 0 saturated carbocycles. The summed E-state index contributed by atoms with van der Waals surface area (Å²) in [6.45, 7) is 1.58. The smallest absolute Gasteiger partial charge is 0.0662 e. The highest BCUT2D eigenvalue weighted by atomic mass is 15.3. The minimum atomic E-state index is 0.330. The molecule has 4 heteroatoms. The summed E-state index contributed by atoms with van der Waals surface area (Å²) in [6.07, 6.45) is 23.3. The molecule has 0 fully saturated rings. The van der Waals surface area contributed by atoms with Gasteiger partial charge in [0.25, 0.3) is 0 Å². The molecule has 1 unspecified atom stereocenters. The normalized spacial score (nSPS) is 21.0. The molecule has 25 heavy (non-hydrogen) atoms. The fourth-order valence-corrected chi connectivity index (χ4v) is 3.87. The van der Waals surface area contributed by atoms with Gasteiger partial charge in [-0.05, 0) is 40.0 Å². The highest BCUT2D eigenvalue weighted by molar-refractivity contribution is 5.63. The number of hydrogen-bond acceptors (Lipinski definition) is 2. The van der Waals surface area contributed by atoms with E-state index < -0.39 is 0 Å². The van der Waals surface area contributed by atoms with Gasteiger partial charge in [-0.3, -0.25) is 9.36 Å². The molecular formula is C21H18N4. The highest BCUT2D eigenvalue weighted by Gasteiger charge is 2.31. The zero-order valence-electron chi connectivity index (χ0n) is 13.8. The molecule has 2 heterocycles. The van der Waals surface area contributed by atoms with Crippen molar-refractivity contribution in [2.24, 2.45) is 5.92 Å². The lowest BCUT2D eigenvalue weighted by Crippen LogP contribution is -2.23. The van der Waals surface area contributed by atoms with Crippen LogP contribution in [0.4, 0.5) is 0 Å². The van der Waals surface area contributed by atoms with Gasteiger partial charge in [-0.15, -0.1) is 0 Å². The van der Waals surface area contributed by atoms with Gasteiger partial charge in [0.2, 0.25) is 0 Å². The molecule has 122 valence electrons. The molecule has 2 aromatic rings. The summed E-state index contributed by atoms with van der Waals surface area (Å²) in [6, 6.07) is 3.94. The van der Waals surface area contributed by atoms with Crippen LogP contribution in [0.5, 0.6) is 0 Å². The Hall–Kier alpha value is -3.14. The first-order valence-electron chi connectivity index (χ1n) is 8.54. The maximum Gasteiger partial charge on any atom is 0.0662 e. The minimum Gasteiger partial charge on any atom is -0.268 e. The Morgan fingerprint density at radius 1 is 0.880 bits per heavy atom. The van der Waals surface area contributed by atoms with E-state index in [4.69, 9.17) is 0 Å².